The molecule has 41 heavy (non-hydrogen) atoms. The third-order valence-corrected chi connectivity index (χ3v) is 7.42. The van der Waals surface area contributed by atoms with E-state index in [1.165, 1.54) is 38.7 Å². The Labute approximate surface area is 238 Å². The van der Waals surface area contributed by atoms with Crippen LogP contribution in [-0.4, -0.2) is 27.4 Å². The summed E-state index contributed by atoms with van der Waals surface area (Å²) in [6, 6.07) is 32.5. The Morgan fingerprint density at radius 1 is 0.878 bits per heavy atom. The van der Waals surface area contributed by atoms with Crippen LogP contribution in [0.5, 0.6) is 0 Å². The van der Waals surface area contributed by atoms with Crippen LogP contribution in [0, 0.1) is 6.92 Å². The van der Waals surface area contributed by atoms with E-state index in [-0.39, 0.29) is 11.3 Å². The fraction of sp³-hybridized carbons (Fsp3) is 0.114. The van der Waals surface area contributed by atoms with Gasteiger partial charge in [-0.3, -0.25) is 9.89 Å². The van der Waals surface area contributed by atoms with Gasteiger partial charge >= 0.3 is 5.97 Å². The minimum atomic E-state index is -1.20. The van der Waals surface area contributed by atoms with E-state index >= 15 is 0 Å². The highest BCUT2D eigenvalue weighted by Crippen LogP contribution is 2.35. The minimum absolute atomic E-state index is 0.0517. The molecule has 0 saturated heterocycles. The van der Waals surface area contributed by atoms with Crippen LogP contribution in [0.3, 0.4) is 0 Å². The number of carbonyl (C=O) groups is 1. The molecule has 0 amide bonds. The number of carboxylic acids is 1. The van der Waals surface area contributed by atoms with Crippen molar-refractivity contribution in [2.75, 3.05) is 11.4 Å². The van der Waals surface area contributed by atoms with Gasteiger partial charge in [0.1, 0.15) is 0 Å². The summed E-state index contributed by atoms with van der Waals surface area (Å²) in [4.78, 5) is 27.2. The van der Waals surface area contributed by atoms with E-state index < -0.39 is 11.5 Å². The average molecular weight is 540 g/mol. The van der Waals surface area contributed by atoms with E-state index in [9.17, 15) is 14.7 Å². The molecule has 1 aromatic heterocycles. The van der Waals surface area contributed by atoms with Crippen molar-refractivity contribution in [2.45, 2.75) is 19.8 Å². The molecule has 1 aliphatic heterocycles. The Kier molecular flexibility index (Phi) is 6.99. The van der Waals surface area contributed by atoms with Gasteiger partial charge in [0.15, 0.2) is 5.69 Å². The molecule has 1 aliphatic rings. The molecule has 0 radical (unpaired) electrons. The number of hydrogen-bond acceptors (Lipinski definition) is 3. The molecule has 0 aliphatic carbocycles. The van der Waals surface area contributed by atoms with Crippen LogP contribution in [0.15, 0.2) is 108 Å². The second-order valence-electron chi connectivity index (χ2n) is 10.2. The molecule has 0 fully saturated rings. The average Bonchev–Trinajstić information content (AvgIpc) is 3.34. The number of hydrogen-bond donors (Lipinski definition) is 2. The number of fused-ring (bicyclic) bond motifs is 1. The zero-order valence-electron chi connectivity index (χ0n) is 22.7. The van der Waals surface area contributed by atoms with Gasteiger partial charge in [0.2, 0.25) is 0 Å². The number of aromatic nitrogens is 2. The summed E-state index contributed by atoms with van der Waals surface area (Å²) in [7, 11) is 0. The van der Waals surface area contributed by atoms with Gasteiger partial charge in [0.05, 0.1) is 11.3 Å². The first-order valence-electron chi connectivity index (χ1n) is 13.6. The number of aromatic amines is 1. The predicted octanol–water partition coefficient (Wildman–Crippen LogP) is 7.25. The van der Waals surface area contributed by atoms with Crippen LogP contribution >= 0.6 is 0 Å². The Bertz CT molecular complexity index is 1840. The van der Waals surface area contributed by atoms with E-state index in [2.05, 4.69) is 83.3 Å². The third-order valence-electron chi connectivity index (χ3n) is 7.42. The van der Waals surface area contributed by atoms with Gasteiger partial charge in [-0.25, -0.2) is 9.48 Å². The number of aryl methyl sites for hydroxylation is 2. The summed E-state index contributed by atoms with van der Waals surface area (Å²) >= 11 is 0. The number of carboxylic acid groups (broad SMARTS) is 1. The quantitative estimate of drug-likeness (QED) is 0.223. The number of nitrogens with zero attached hydrogens (tertiary/aromatic N) is 2. The number of aromatic carboxylic acids is 1. The molecule has 6 rings (SSSR count). The van der Waals surface area contributed by atoms with Gasteiger partial charge in [-0.1, -0.05) is 66.2 Å². The molecule has 6 heteroatoms. The monoisotopic (exact) mass is 539 g/mol. The van der Waals surface area contributed by atoms with Crippen molar-refractivity contribution < 1.29 is 9.90 Å². The Morgan fingerprint density at radius 2 is 1.59 bits per heavy atom. The maximum Gasteiger partial charge on any atom is 0.354 e. The lowest BCUT2D eigenvalue weighted by atomic mass is 9.98. The Balaban J connectivity index is 1.26. The Morgan fingerprint density at radius 3 is 2.29 bits per heavy atom. The minimum Gasteiger partial charge on any atom is -0.477 e. The zero-order valence-corrected chi connectivity index (χ0v) is 22.7. The van der Waals surface area contributed by atoms with Gasteiger partial charge in [-0.2, -0.15) is 0 Å². The summed E-state index contributed by atoms with van der Waals surface area (Å²) in [6.07, 6.45) is 5.23. The van der Waals surface area contributed by atoms with Crippen LogP contribution in [0.4, 0.5) is 11.4 Å². The summed E-state index contributed by atoms with van der Waals surface area (Å²) in [5, 5.41) is 12.4. The van der Waals surface area contributed by atoms with Crippen molar-refractivity contribution in [3.63, 3.8) is 0 Å². The second-order valence-corrected chi connectivity index (χ2v) is 10.2. The number of nitrogens with one attached hydrogen (secondary N) is 1. The fourth-order valence-corrected chi connectivity index (χ4v) is 5.28. The van der Waals surface area contributed by atoms with Crippen LogP contribution in [0.1, 0.15) is 39.2 Å². The highest BCUT2D eigenvalue weighted by atomic mass is 16.4. The van der Waals surface area contributed by atoms with Crippen molar-refractivity contribution in [1.29, 1.82) is 0 Å². The van der Waals surface area contributed by atoms with E-state index in [0.29, 0.717) is 5.69 Å². The maximum atomic E-state index is 13.0. The molecule has 0 unspecified atom stereocenters. The molecule has 2 heterocycles. The van der Waals surface area contributed by atoms with Gasteiger partial charge in [-0.15, -0.1) is 5.73 Å². The number of rotatable bonds is 6. The lowest BCUT2D eigenvalue weighted by Crippen LogP contribution is -2.24. The summed E-state index contributed by atoms with van der Waals surface area (Å²) in [5.41, 5.74) is 11.2. The summed E-state index contributed by atoms with van der Waals surface area (Å²) < 4.78 is 1.23. The fourth-order valence-electron chi connectivity index (χ4n) is 5.28. The van der Waals surface area contributed by atoms with Crippen molar-refractivity contribution in [2.24, 2.45) is 0 Å². The van der Waals surface area contributed by atoms with E-state index in [1.54, 1.807) is 30.3 Å². The largest absolute Gasteiger partial charge is 0.477 e. The first-order chi connectivity index (χ1) is 20.0. The smallest absolute Gasteiger partial charge is 0.354 e. The number of benzene rings is 4. The zero-order chi connectivity index (χ0) is 28.3. The number of anilines is 2. The lowest BCUT2D eigenvalue weighted by Gasteiger charge is -2.31. The summed E-state index contributed by atoms with van der Waals surface area (Å²) in [5.74, 6) is -1.20. The van der Waals surface area contributed by atoms with Crippen molar-refractivity contribution in [3.05, 3.63) is 141 Å². The maximum absolute atomic E-state index is 13.0. The van der Waals surface area contributed by atoms with Gasteiger partial charge in [0, 0.05) is 17.9 Å². The van der Waals surface area contributed by atoms with E-state index in [0.717, 1.165) is 30.6 Å². The van der Waals surface area contributed by atoms with Crippen molar-refractivity contribution in [1.82, 2.24) is 9.78 Å². The molecule has 4 aromatic carbocycles. The van der Waals surface area contributed by atoms with Gasteiger partial charge in [-0.05, 0) is 90.6 Å². The van der Waals surface area contributed by atoms with Gasteiger partial charge in [0.25, 0.3) is 5.56 Å². The van der Waals surface area contributed by atoms with Crippen molar-refractivity contribution in [3.8, 4) is 16.8 Å². The van der Waals surface area contributed by atoms with Crippen LogP contribution < -0.4 is 10.5 Å². The number of para-hydroxylation sites is 1. The van der Waals surface area contributed by atoms with Crippen LogP contribution in [0.2, 0.25) is 0 Å². The lowest BCUT2D eigenvalue weighted by molar-refractivity contribution is 0.0689. The molecule has 0 bridgehead atoms. The molecule has 2 N–H and O–H groups in total. The third kappa shape index (κ3) is 5.29. The first kappa shape index (κ1) is 25.9. The predicted molar refractivity (Wildman–Crippen MR) is 164 cm³/mol. The van der Waals surface area contributed by atoms with Gasteiger partial charge < -0.3 is 10.0 Å². The molecular formula is C35H29N3O3. The highest BCUT2D eigenvalue weighted by molar-refractivity contribution is 5.90. The Hall–Kier alpha value is -5.32. The second kappa shape index (κ2) is 11.0. The molecule has 5 aromatic rings. The molecular weight excluding hydrogens is 510 g/mol. The molecule has 0 spiro atoms. The van der Waals surface area contributed by atoms with E-state index in [1.807, 2.05) is 12.1 Å². The normalized spacial score (nSPS) is 12.4. The standard InChI is InChI=1S/C35H29N3O3/c1-24-12-15-26(16-13-24)27-17-19-29(20-18-27)37-22-6-8-28-23-25(14-21-32(28)37)7-5-11-31-33(35(40)41)36-38(34(31)39)30-9-3-2-4-10-30/h2-4,7,9-21,23,36H,6,8,22H2,1H3,(H,40,41). The topological polar surface area (TPSA) is 78.3 Å². The first-order valence-corrected chi connectivity index (χ1v) is 13.6. The molecule has 0 saturated carbocycles. The molecule has 0 atom stereocenters. The molecule has 6 nitrogen and oxygen atoms in total. The molecule has 202 valence electrons. The van der Waals surface area contributed by atoms with Crippen molar-refractivity contribution >= 4 is 29.5 Å². The SMILES string of the molecule is Cc1ccc(-c2ccc(N3CCCc4cc(C=C=Cc5c(C(=O)O)[nH]n(-c6ccccc6)c5=O)ccc43)cc2)cc1. The van der Waals surface area contributed by atoms with Crippen LogP contribution in [-0.2, 0) is 6.42 Å². The van der Waals surface area contributed by atoms with Crippen LogP contribution in [0.25, 0.3) is 29.0 Å². The summed E-state index contributed by atoms with van der Waals surface area (Å²) in [6.45, 7) is 3.05. The highest BCUT2D eigenvalue weighted by Gasteiger charge is 2.20. The van der Waals surface area contributed by atoms with E-state index in [4.69, 9.17) is 0 Å². The number of H-pyrrole nitrogens is 1.